The van der Waals surface area contributed by atoms with Crippen LogP contribution in [0.5, 0.6) is 0 Å². The van der Waals surface area contributed by atoms with Crippen molar-refractivity contribution >= 4 is 5.78 Å². The molecule has 16 heavy (non-hydrogen) atoms. The highest BCUT2D eigenvalue weighted by atomic mass is 16.5. The summed E-state index contributed by atoms with van der Waals surface area (Å²) < 4.78 is 5.57. The number of aliphatic hydroxyl groups is 1. The number of ketones is 1. The zero-order valence-corrected chi connectivity index (χ0v) is 9.93. The van der Waals surface area contributed by atoms with Crippen LogP contribution in [0.15, 0.2) is 24.3 Å². The predicted molar refractivity (Wildman–Crippen MR) is 63.1 cm³/mol. The van der Waals surface area contributed by atoms with Crippen molar-refractivity contribution in [3.63, 3.8) is 0 Å². The first-order chi connectivity index (χ1) is 7.61. The SMILES string of the molecule is CC(=O)[C@@H](C)[C@H](O)CCO[C@H]1C=CC=CC1. The molecule has 0 bridgehead atoms. The molecule has 3 heteroatoms. The van der Waals surface area contributed by atoms with E-state index in [4.69, 9.17) is 4.74 Å². The summed E-state index contributed by atoms with van der Waals surface area (Å²) in [5.41, 5.74) is 0. The number of allylic oxidation sites excluding steroid dienone is 2. The van der Waals surface area contributed by atoms with E-state index in [1.807, 2.05) is 18.2 Å². The molecule has 0 spiro atoms. The Morgan fingerprint density at radius 1 is 1.56 bits per heavy atom. The lowest BCUT2D eigenvalue weighted by Gasteiger charge is -2.18. The third-order valence-electron chi connectivity index (χ3n) is 2.91. The fourth-order valence-electron chi connectivity index (χ4n) is 1.54. The standard InChI is InChI=1S/C13H20O3/c1-10(11(2)14)13(15)8-9-16-12-6-4-3-5-7-12/h3-6,10,12-13,15H,7-9H2,1-2H3/t10-,12+,13-/m1/s1. The molecule has 1 N–H and O–H groups in total. The van der Waals surface area contributed by atoms with E-state index >= 15 is 0 Å². The highest BCUT2D eigenvalue weighted by Crippen LogP contribution is 2.11. The maximum absolute atomic E-state index is 11.0. The molecule has 0 aromatic rings. The number of carbonyl (C=O) groups is 1. The molecule has 0 aliphatic heterocycles. The van der Waals surface area contributed by atoms with Crippen molar-refractivity contribution in [3.05, 3.63) is 24.3 Å². The molecule has 90 valence electrons. The van der Waals surface area contributed by atoms with E-state index in [-0.39, 0.29) is 17.8 Å². The first kappa shape index (κ1) is 13.1. The monoisotopic (exact) mass is 224 g/mol. The van der Waals surface area contributed by atoms with Crippen molar-refractivity contribution in [2.24, 2.45) is 5.92 Å². The molecule has 0 amide bonds. The third-order valence-corrected chi connectivity index (χ3v) is 2.91. The summed E-state index contributed by atoms with van der Waals surface area (Å²) in [6.07, 6.45) is 8.92. The van der Waals surface area contributed by atoms with Gasteiger partial charge < -0.3 is 9.84 Å². The van der Waals surface area contributed by atoms with Gasteiger partial charge in [-0.15, -0.1) is 0 Å². The lowest BCUT2D eigenvalue weighted by molar-refractivity contribution is -0.123. The average Bonchev–Trinajstić information content (AvgIpc) is 2.29. The summed E-state index contributed by atoms with van der Waals surface area (Å²) in [7, 11) is 0. The minimum atomic E-state index is -0.597. The van der Waals surface area contributed by atoms with E-state index in [1.54, 1.807) is 6.92 Å². The maximum Gasteiger partial charge on any atom is 0.135 e. The van der Waals surface area contributed by atoms with Crippen molar-refractivity contribution in [1.82, 2.24) is 0 Å². The first-order valence-corrected chi connectivity index (χ1v) is 5.74. The number of carbonyl (C=O) groups excluding carboxylic acids is 1. The fourth-order valence-corrected chi connectivity index (χ4v) is 1.54. The van der Waals surface area contributed by atoms with Crippen LogP contribution in [0.4, 0.5) is 0 Å². The number of aliphatic hydroxyl groups excluding tert-OH is 1. The Morgan fingerprint density at radius 3 is 2.88 bits per heavy atom. The number of Topliss-reactive ketones (excluding diaryl/α,β-unsaturated/α-hetero) is 1. The van der Waals surface area contributed by atoms with Gasteiger partial charge in [0.15, 0.2) is 0 Å². The number of ether oxygens (including phenoxy) is 1. The molecule has 0 heterocycles. The molecule has 0 saturated heterocycles. The molecule has 3 atom stereocenters. The van der Waals surface area contributed by atoms with E-state index in [0.717, 1.165) is 6.42 Å². The highest BCUT2D eigenvalue weighted by Gasteiger charge is 2.18. The van der Waals surface area contributed by atoms with Crippen LogP contribution in [-0.4, -0.2) is 29.7 Å². The van der Waals surface area contributed by atoms with Gasteiger partial charge in [0.25, 0.3) is 0 Å². The van der Waals surface area contributed by atoms with Gasteiger partial charge in [-0.05, 0) is 19.8 Å². The second-order valence-electron chi connectivity index (χ2n) is 4.21. The molecule has 1 aliphatic rings. The summed E-state index contributed by atoms with van der Waals surface area (Å²) >= 11 is 0. The van der Waals surface area contributed by atoms with Gasteiger partial charge in [0, 0.05) is 12.5 Å². The van der Waals surface area contributed by atoms with Crippen LogP contribution in [0.25, 0.3) is 0 Å². The van der Waals surface area contributed by atoms with Crippen LogP contribution in [0.1, 0.15) is 26.7 Å². The van der Waals surface area contributed by atoms with Gasteiger partial charge in [-0.1, -0.05) is 31.2 Å². The molecule has 1 aliphatic carbocycles. The molecule has 3 nitrogen and oxygen atoms in total. The van der Waals surface area contributed by atoms with Crippen LogP contribution >= 0.6 is 0 Å². The van der Waals surface area contributed by atoms with Crippen molar-refractivity contribution < 1.29 is 14.6 Å². The Balaban J connectivity index is 2.17. The van der Waals surface area contributed by atoms with E-state index in [2.05, 4.69) is 6.08 Å². The van der Waals surface area contributed by atoms with Gasteiger partial charge in [-0.2, -0.15) is 0 Å². The molecule has 0 saturated carbocycles. The first-order valence-electron chi connectivity index (χ1n) is 5.74. The van der Waals surface area contributed by atoms with E-state index in [1.165, 1.54) is 6.92 Å². The van der Waals surface area contributed by atoms with Gasteiger partial charge in [0.1, 0.15) is 5.78 Å². The van der Waals surface area contributed by atoms with E-state index in [9.17, 15) is 9.90 Å². The fraction of sp³-hybridized carbons (Fsp3) is 0.615. The molecule has 0 aromatic heterocycles. The van der Waals surface area contributed by atoms with Gasteiger partial charge in [0.2, 0.25) is 0 Å². The largest absolute Gasteiger partial charge is 0.392 e. The van der Waals surface area contributed by atoms with Gasteiger partial charge >= 0.3 is 0 Å². The van der Waals surface area contributed by atoms with Gasteiger partial charge in [-0.3, -0.25) is 4.79 Å². The molecule has 0 fully saturated rings. The second kappa shape index (κ2) is 6.61. The summed E-state index contributed by atoms with van der Waals surface area (Å²) in [6, 6.07) is 0. The second-order valence-corrected chi connectivity index (χ2v) is 4.21. The summed E-state index contributed by atoms with van der Waals surface area (Å²) in [4.78, 5) is 11.0. The number of hydrogen-bond donors (Lipinski definition) is 1. The minimum absolute atomic E-state index is 0.0213. The van der Waals surface area contributed by atoms with Crippen molar-refractivity contribution in [1.29, 1.82) is 0 Å². The lowest BCUT2D eigenvalue weighted by Crippen LogP contribution is -2.26. The van der Waals surface area contributed by atoms with Crippen molar-refractivity contribution in [2.45, 2.75) is 38.9 Å². The number of rotatable bonds is 6. The molecule has 0 radical (unpaired) electrons. The van der Waals surface area contributed by atoms with Crippen LogP contribution in [0, 0.1) is 5.92 Å². The summed E-state index contributed by atoms with van der Waals surface area (Å²) in [6.45, 7) is 3.74. The average molecular weight is 224 g/mol. The Labute approximate surface area is 96.8 Å². The summed E-state index contributed by atoms with van der Waals surface area (Å²) in [5.74, 6) is -0.279. The van der Waals surface area contributed by atoms with Crippen LogP contribution in [-0.2, 0) is 9.53 Å². The molecule has 1 rings (SSSR count). The molecule has 0 aromatic carbocycles. The Kier molecular flexibility index (Phi) is 5.43. The minimum Gasteiger partial charge on any atom is -0.392 e. The molecular formula is C13H20O3. The highest BCUT2D eigenvalue weighted by molar-refractivity contribution is 5.78. The van der Waals surface area contributed by atoms with Gasteiger partial charge in [-0.25, -0.2) is 0 Å². The number of hydrogen-bond acceptors (Lipinski definition) is 3. The Bertz CT molecular complexity index is 281. The summed E-state index contributed by atoms with van der Waals surface area (Å²) in [5, 5.41) is 9.68. The quantitative estimate of drug-likeness (QED) is 0.749. The normalized spacial score (nSPS) is 23.1. The van der Waals surface area contributed by atoms with Crippen LogP contribution < -0.4 is 0 Å². The lowest BCUT2D eigenvalue weighted by atomic mass is 9.98. The predicted octanol–water partition coefficient (Wildman–Crippen LogP) is 1.86. The third kappa shape index (κ3) is 4.29. The zero-order chi connectivity index (χ0) is 12.0. The van der Waals surface area contributed by atoms with E-state index in [0.29, 0.717) is 13.0 Å². The van der Waals surface area contributed by atoms with Crippen molar-refractivity contribution in [2.75, 3.05) is 6.61 Å². The van der Waals surface area contributed by atoms with Crippen molar-refractivity contribution in [3.8, 4) is 0 Å². The smallest absolute Gasteiger partial charge is 0.135 e. The zero-order valence-electron chi connectivity index (χ0n) is 9.93. The topological polar surface area (TPSA) is 46.5 Å². The molecular weight excluding hydrogens is 204 g/mol. The Hall–Kier alpha value is -0.930. The van der Waals surface area contributed by atoms with Gasteiger partial charge in [0.05, 0.1) is 12.2 Å². The van der Waals surface area contributed by atoms with E-state index < -0.39 is 6.10 Å². The van der Waals surface area contributed by atoms with Crippen LogP contribution in [0.2, 0.25) is 0 Å². The molecule has 0 unspecified atom stereocenters. The Morgan fingerprint density at radius 2 is 2.31 bits per heavy atom. The van der Waals surface area contributed by atoms with Crippen LogP contribution in [0.3, 0.4) is 0 Å². The maximum atomic E-state index is 11.0.